The lowest BCUT2D eigenvalue weighted by atomic mass is 10.1. The maximum Gasteiger partial charge on any atom is 0.350 e. The number of piperidine rings is 1. The van der Waals surface area contributed by atoms with Gasteiger partial charge >= 0.3 is 6.03 Å². The fourth-order valence-corrected chi connectivity index (χ4v) is 1.66. The highest BCUT2D eigenvalue weighted by Crippen LogP contribution is 2.08. The number of amides is 2. The first kappa shape index (κ1) is 10.7. The summed E-state index contributed by atoms with van der Waals surface area (Å²) in [6.07, 6.45) is 4.95. The number of aromatic nitrogens is 1. The van der Waals surface area contributed by atoms with Gasteiger partial charge < -0.3 is 9.74 Å². The van der Waals surface area contributed by atoms with Crippen LogP contribution < -0.4 is 10.3 Å². The molecule has 2 rings (SSSR count). The van der Waals surface area contributed by atoms with Gasteiger partial charge in [0.1, 0.15) is 0 Å². The molecule has 1 aromatic rings. The molecule has 0 saturated carbocycles. The molecular weight excluding hydrogens is 206 g/mol. The highest BCUT2D eigenvalue weighted by atomic mass is 16.7. The number of nitrogens with zero attached hydrogens (tertiary/aromatic N) is 2. The normalized spacial score (nSPS) is 15.6. The van der Waals surface area contributed by atoms with Crippen molar-refractivity contribution >= 4 is 6.03 Å². The van der Waals surface area contributed by atoms with Crippen molar-refractivity contribution in [2.24, 2.45) is 0 Å². The highest BCUT2D eigenvalue weighted by Gasteiger charge is 2.16. The third kappa shape index (κ3) is 2.85. The Hall–Kier alpha value is -1.78. The van der Waals surface area contributed by atoms with Gasteiger partial charge in [0.2, 0.25) is 5.88 Å². The summed E-state index contributed by atoms with van der Waals surface area (Å²) < 4.78 is 0. The minimum atomic E-state index is -0.189. The number of urea groups is 1. The summed E-state index contributed by atoms with van der Waals surface area (Å²) >= 11 is 0. The maximum absolute atomic E-state index is 11.6. The van der Waals surface area contributed by atoms with Crippen LogP contribution in [-0.2, 0) is 0 Å². The molecule has 2 amide bonds. The van der Waals surface area contributed by atoms with Gasteiger partial charge in [-0.2, -0.15) is 5.48 Å². The second kappa shape index (κ2) is 5.34. The van der Waals surface area contributed by atoms with Gasteiger partial charge in [0.05, 0.1) is 0 Å². The minimum Gasteiger partial charge on any atom is -0.358 e. The van der Waals surface area contributed by atoms with Gasteiger partial charge in [-0.1, -0.05) is 6.07 Å². The predicted molar refractivity (Wildman–Crippen MR) is 58.8 cm³/mol. The molecule has 1 aliphatic rings. The number of hydroxylamine groups is 1. The van der Waals surface area contributed by atoms with Crippen LogP contribution in [0.3, 0.4) is 0 Å². The van der Waals surface area contributed by atoms with Gasteiger partial charge in [-0.05, 0) is 25.3 Å². The van der Waals surface area contributed by atoms with Crippen molar-refractivity contribution in [3.63, 3.8) is 0 Å². The first-order valence-electron chi connectivity index (χ1n) is 5.49. The molecule has 0 spiro atoms. The van der Waals surface area contributed by atoms with Crippen LogP contribution in [0, 0.1) is 0 Å². The van der Waals surface area contributed by atoms with Crippen molar-refractivity contribution in [1.82, 2.24) is 15.4 Å². The van der Waals surface area contributed by atoms with Crippen LogP contribution in [0.4, 0.5) is 4.79 Å². The molecule has 0 radical (unpaired) electrons. The van der Waals surface area contributed by atoms with Gasteiger partial charge in [-0.25, -0.2) is 9.78 Å². The number of nitrogens with one attached hydrogen (secondary N) is 1. The zero-order chi connectivity index (χ0) is 11.2. The smallest absolute Gasteiger partial charge is 0.350 e. The van der Waals surface area contributed by atoms with E-state index in [0.717, 1.165) is 25.9 Å². The predicted octanol–water partition coefficient (Wildman–Crippen LogP) is 1.57. The molecule has 0 aliphatic carbocycles. The molecular formula is C11H15N3O2. The van der Waals surface area contributed by atoms with Gasteiger partial charge in [0.15, 0.2) is 0 Å². The van der Waals surface area contributed by atoms with Crippen LogP contribution in [0.2, 0.25) is 0 Å². The quantitative estimate of drug-likeness (QED) is 0.771. The zero-order valence-corrected chi connectivity index (χ0v) is 9.06. The van der Waals surface area contributed by atoms with Crippen molar-refractivity contribution in [1.29, 1.82) is 0 Å². The van der Waals surface area contributed by atoms with E-state index in [4.69, 9.17) is 4.84 Å². The number of carbonyl (C=O) groups excluding carboxylic acids is 1. The molecule has 16 heavy (non-hydrogen) atoms. The lowest BCUT2D eigenvalue weighted by Gasteiger charge is -2.26. The van der Waals surface area contributed by atoms with E-state index in [2.05, 4.69) is 10.5 Å². The first-order valence-corrected chi connectivity index (χ1v) is 5.49. The summed E-state index contributed by atoms with van der Waals surface area (Å²) in [6, 6.07) is 5.09. The Kier molecular flexibility index (Phi) is 3.58. The van der Waals surface area contributed by atoms with Crippen LogP contribution in [0.25, 0.3) is 0 Å². The Labute approximate surface area is 94.4 Å². The summed E-state index contributed by atoms with van der Waals surface area (Å²) in [5.74, 6) is 0.396. The van der Waals surface area contributed by atoms with Crippen LogP contribution >= 0.6 is 0 Å². The van der Waals surface area contributed by atoms with Crippen molar-refractivity contribution in [3.8, 4) is 5.88 Å². The van der Waals surface area contributed by atoms with E-state index in [-0.39, 0.29) is 6.03 Å². The van der Waals surface area contributed by atoms with Crippen molar-refractivity contribution in [2.45, 2.75) is 19.3 Å². The Morgan fingerprint density at radius 3 is 2.81 bits per heavy atom. The molecule has 0 aromatic carbocycles. The molecule has 1 saturated heterocycles. The monoisotopic (exact) mass is 221 g/mol. The van der Waals surface area contributed by atoms with Gasteiger partial charge in [0.25, 0.3) is 0 Å². The number of hydrogen-bond acceptors (Lipinski definition) is 3. The van der Waals surface area contributed by atoms with Gasteiger partial charge in [-0.3, -0.25) is 0 Å². The molecule has 1 aliphatic heterocycles. The van der Waals surface area contributed by atoms with E-state index in [0.29, 0.717) is 5.88 Å². The number of carbonyl (C=O) groups is 1. The average Bonchev–Trinajstić information content (AvgIpc) is 2.38. The number of likely N-dealkylation sites (tertiary alicyclic amines) is 1. The zero-order valence-electron chi connectivity index (χ0n) is 9.06. The van der Waals surface area contributed by atoms with Crippen molar-refractivity contribution in [2.75, 3.05) is 13.1 Å². The van der Waals surface area contributed by atoms with E-state index < -0.39 is 0 Å². The second-order valence-corrected chi connectivity index (χ2v) is 3.72. The topological polar surface area (TPSA) is 54.5 Å². The SMILES string of the molecule is O=C(NOc1ccccn1)N1CCCCC1. The standard InChI is InChI=1S/C11H15N3O2/c15-11(14-8-4-1-5-9-14)13-16-10-6-2-3-7-12-10/h2-3,6-7H,1,4-5,8-9H2,(H,13,15). The van der Waals surface area contributed by atoms with Crippen LogP contribution in [0.1, 0.15) is 19.3 Å². The Morgan fingerprint density at radius 2 is 2.12 bits per heavy atom. The number of rotatable bonds is 2. The Balaban J connectivity index is 1.79. The van der Waals surface area contributed by atoms with E-state index in [1.807, 2.05) is 0 Å². The van der Waals surface area contributed by atoms with Gasteiger partial charge in [0, 0.05) is 25.4 Å². The maximum atomic E-state index is 11.6. The molecule has 1 fully saturated rings. The van der Waals surface area contributed by atoms with Crippen molar-refractivity contribution < 1.29 is 9.63 Å². The summed E-state index contributed by atoms with van der Waals surface area (Å²) in [5, 5.41) is 0. The second-order valence-electron chi connectivity index (χ2n) is 3.72. The largest absolute Gasteiger partial charge is 0.358 e. The summed E-state index contributed by atoms with van der Waals surface area (Å²) in [4.78, 5) is 22.4. The van der Waals surface area contributed by atoms with Crippen molar-refractivity contribution in [3.05, 3.63) is 24.4 Å². The molecule has 1 aromatic heterocycles. The van der Waals surface area contributed by atoms with Crippen LogP contribution in [-0.4, -0.2) is 29.0 Å². The molecule has 5 nitrogen and oxygen atoms in total. The van der Waals surface area contributed by atoms with Crippen LogP contribution in [0.5, 0.6) is 5.88 Å². The highest BCUT2D eigenvalue weighted by molar-refractivity contribution is 5.73. The van der Waals surface area contributed by atoms with E-state index in [1.54, 1.807) is 29.3 Å². The summed E-state index contributed by atoms with van der Waals surface area (Å²) in [5.41, 5.74) is 2.39. The third-order valence-corrected chi connectivity index (χ3v) is 2.52. The molecule has 0 atom stereocenters. The molecule has 86 valence electrons. The van der Waals surface area contributed by atoms with E-state index >= 15 is 0 Å². The Bertz CT molecular complexity index is 336. The number of hydrogen-bond donors (Lipinski definition) is 1. The average molecular weight is 221 g/mol. The summed E-state index contributed by atoms with van der Waals surface area (Å²) in [6.45, 7) is 1.61. The Morgan fingerprint density at radius 1 is 1.31 bits per heavy atom. The van der Waals surface area contributed by atoms with Gasteiger partial charge in [-0.15, -0.1) is 0 Å². The fraction of sp³-hybridized carbons (Fsp3) is 0.455. The van der Waals surface area contributed by atoms with E-state index in [9.17, 15) is 4.79 Å². The molecule has 1 N–H and O–H groups in total. The molecule has 2 heterocycles. The lowest BCUT2D eigenvalue weighted by molar-refractivity contribution is 0.132. The lowest BCUT2D eigenvalue weighted by Crippen LogP contribution is -2.44. The van der Waals surface area contributed by atoms with Crippen LogP contribution in [0.15, 0.2) is 24.4 Å². The summed E-state index contributed by atoms with van der Waals surface area (Å²) in [7, 11) is 0. The first-order chi connectivity index (χ1) is 7.86. The van der Waals surface area contributed by atoms with E-state index in [1.165, 1.54) is 6.42 Å². The molecule has 0 bridgehead atoms. The minimum absolute atomic E-state index is 0.189. The molecule has 5 heteroatoms. The fourth-order valence-electron chi connectivity index (χ4n) is 1.66. The third-order valence-electron chi connectivity index (χ3n) is 2.52. The number of pyridine rings is 1. The molecule has 0 unspecified atom stereocenters.